The van der Waals surface area contributed by atoms with Crippen molar-refractivity contribution < 1.29 is 4.79 Å². The zero-order valence-electron chi connectivity index (χ0n) is 10.2. The molecule has 6 nitrogen and oxygen atoms in total. The number of nitrogens with zero attached hydrogens (tertiary/aromatic N) is 3. The van der Waals surface area contributed by atoms with Crippen LogP contribution in [0.25, 0.3) is 0 Å². The van der Waals surface area contributed by atoms with E-state index in [4.69, 9.17) is 0 Å². The Labute approximate surface area is 105 Å². The predicted molar refractivity (Wildman–Crippen MR) is 66.7 cm³/mol. The predicted octanol–water partition coefficient (Wildman–Crippen LogP) is -0.463. The van der Waals surface area contributed by atoms with E-state index >= 15 is 0 Å². The molecule has 2 aliphatic rings. The summed E-state index contributed by atoms with van der Waals surface area (Å²) in [5.74, 6) is 0.659. The average Bonchev–Trinajstić information content (AvgIpc) is 2.88. The Kier molecular flexibility index (Phi) is 2.77. The number of hydrogen-bond acceptors (Lipinski definition) is 4. The van der Waals surface area contributed by atoms with Gasteiger partial charge in [-0.3, -0.25) is 14.6 Å². The Morgan fingerprint density at radius 2 is 1.94 bits per heavy atom. The van der Waals surface area contributed by atoms with Gasteiger partial charge >= 0.3 is 0 Å². The van der Waals surface area contributed by atoms with E-state index < -0.39 is 0 Å². The third-order valence-electron chi connectivity index (χ3n) is 3.69. The van der Waals surface area contributed by atoms with Gasteiger partial charge in [0.15, 0.2) is 0 Å². The number of rotatable bonds is 2. The lowest BCUT2D eigenvalue weighted by atomic mass is 10.2. The number of fused-ring (bicyclic) bond motifs is 1. The van der Waals surface area contributed by atoms with Gasteiger partial charge in [0.25, 0.3) is 5.56 Å². The summed E-state index contributed by atoms with van der Waals surface area (Å²) in [7, 11) is 0. The lowest BCUT2D eigenvalue weighted by molar-refractivity contribution is -0.118. The summed E-state index contributed by atoms with van der Waals surface area (Å²) in [6, 6.07) is 0. The van der Waals surface area contributed by atoms with Gasteiger partial charge in [-0.2, -0.15) is 0 Å². The summed E-state index contributed by atoms with van der Waals surface area (Å²) in [6.07, 6.45) is 3.64. The van der Waals surface area contributed by atoms with Crippen molar-refractivity contribution in [3.05, 3.63) is 21.6 Å². The quantitative estimate of drug-likeness (QED) is 0.719. The van der Waals surface area contributed by atoms with E-state index in [-0.39, 0.29) is 5.56 Å². The van der Waals surface area contributed by atoms with Crippen LogP contribution in [0.15, 0.2) is 4.79 Å². The number of amides is 1. The third-order valence-corrected chi connectivity index (χ3v) is 3.69. The molecule has 0 saturated carbocycles. The standard InChI is InChI=1S/C12H16N4O2/c17-8-15-4-6-16(7-5-15)12-13-10-3-1-2-9(10)11(18)14-12/h8H,1-7H2,(H,13,14,18). The summed E-state index contributed by atoms with van der Waals surface area (Å²) >= 11 is 0. The molecule has 1 fully saturated rings. The molecule has 6 heteroatoms. The van der Waals surface area contributed by atoms with E-state index in [1.165, 1.54) is 0 Å². The Hall–Kier alpha value is -1.85. The van der Waals surface area contributed by atoms with Gasteiger partial charge in [0, 0.05) is 31.7 Å². The molecule has 1 amide bonds. The first-order chi connectivity index (χ1) is 8.78. The van der Waals surface area contributed by atoms with Crippen LogP contribution in [-0.2, 0) is 17.6 Å². The number of carbonyl (C=O) groups excluding carboxylic acids is 1. The van der Waals surface area contributed by atoms with Crippen molar-refractivity contribution >= 4 is 12.4 Å². The number of aryl methyl sites for hydroxylation is 1. The fourth-order valence-electron chi connectivity index (χ4n) is 2.62. The highest BCUT2D eigenvalue weighted by Crippen LogP contribution is 2.18. The Morgan fingerprint density at radius 3 is 2.67 bits per heavy atom. The molecule has 0 radical (unpaired) electrons. The summed E-state index contributed by atoms with van der Waals surface area (Å²) in [4.78, 5) is 33.7. The number of piperazine rings is 1. The fraction of sp³-hybridized carbons (Fsp3) is 0.583. The van der Waals surface area contributed by atoms with Crippen LogP contribution in [0.4, 0.5) is 5.95 Å². The first-order valence-electron chi connectivity index (χ1n) is 6.34. The van der Waals surface area contributed by atoms with Gasteiger partial charge in [-0.05, 0) is 19.3 Å². The third kappa shape index (κ3) is 1.87. The minimum Gasteiger partial charge on any atom is -0.342 e. The van der Waals surface area contributed by atoms with Crippen molar-refractivity contribution in [2.24, 2.45) is 0 Å². The number of anilines is 1. The number of H-pyrrole nitrogens is 1. The van der Waals surface area contributed by atoms with E-state index in [1.807, 2.05) is 4.90 Å². The van der Waals surface area contributed by atoms with Crippen molar-refractivity contribution in [1.29, 1.82) is 0 Å². The van der Waals surface area contributed by atoms with E-state index in [1.54, 1.807) is 4.90 Å². The van der Waals surface area contributed by atoms with Gasteiger partial charge in [-0.15, -0.1) is 0 Å². The first-order valence-corrected chi connectivity index (χ1v) is 6.34. The number of aromatic nitrogens is 2. The Balaban J connectivity index is 1.83. The molecule has 1 aromatic rings. The molecule has 1 aromatic heterocycles. The smallest absolute Gasteiger partial charge is 0.255 e. The molecule has 18 heavy (non-hydrogen) atoms. The van der Waals surface area contributed by atoms with Crippen LogP contribution in [0, 0.1) is 0 Å². The first kappa shape index (κ1) is 11.3. The van der Waals surface area contributed by atoms with Gasteiger partial charge in [-0.1, -0.05) is 0 Å². The van der Waals surface area contributed by atoms with Gasteiger partial charge < -0.3 is 9.80 Å². The van der Waals surface area contributed by atoms with Crippen LogP contribution in [0.5, 0.6) is 0 Å². The second kappa shape index (κ2) is 4.44. The van der Waals surface area contributed by atoms with Gasteiger partial charge in [0.1, 0.15) is 0 Å². The molecule has 0 atom stereocenters. The minimum atomic E-state index is 0.00492. The fourth-order valence-corrected chi connectivity index (χ4v) is 2.62. The normalized spacial score (nSPS) is 18.9. The van der Waals surface area contributed by atoms with Crippen LogP contribution in [0.2, 0.25) is 0 Å². The molecule has 96 valence electrons. The SMILES string of the molecule is O=CN1CCN(c2nc3c(c(=O)[nH]2)CCC3)CC1. The van der Waals surface area contributed by atoms with Crippen LogP contribution in [0.3, 0.4) is 0 Å². The van der Waals surface area contributed by atoms with Gasteiger partial charge in [0.2, 0.25) is 12.4 Å². The topological polar surface area (TPSA) is 69.3 Å². The molecular formula is C12H16N4O2. The van der Waals surface area contributed by atoms with E-state index in [0.717, 1.165) is 50.0 Å². The zero-order chi connectivity index (χ0) is 12.5. The molecule has 2 heterocycles. The maximum absolute atomic E-state index is 11.9. The molecule has 0 bridgehead atoms. The molecule has 1 aliphatic carbocycles. The van der Waals surface area contributed by atoms with Crippen molar-refractivity contribution in [2.45, 2.75) is 19.3 Å². The van der Waals surface area contributed by atoms with Crippen LogP contribution >= 0.6 is 0 Å². The minimum absolute atomic E-state index is 0.00492. The van der Waals surface area contributed by atoms with E-state index in [0.29, 0.717) is 19.0 Å². The van der Waals surface area contributed by atoms with Crippen molar-refractivity contribution in [1.82, 2.24) is 14.9 Å². The lowest BCUT2D eigenvalue weighted by Crippen LogP contribution is -2.46. The Morgan fingerprint density at radius 1 is 1.17 bits per heavy atom. The highest BCUT2D eigenvalue weighted by atomic mass is 16.1. The molecule has 3 rings (SSSR count). The van der Waals surface area contributed by atoms with Crippen molar-refractivity contribution in [2.75, 3.05) is 31.1 Å². The van der Waals surface area contributed by atoms with Crippen LogP contribution in [0.1, 0.15) is 17.7 Å². The summed E-state index contributed by atoms with van der Waals surface area (Å²) in [5, 5.41) is 0. The largest absolute Gasteiger partial charge is 0.342 e. The second-order valence-corrected chi connectivity index (χ2v) is 4.80. The van der Waals surface area contributed by atoms with E-state index in [2.05, 4.69) is 9.97 Å². The molecule has 1 aliphatic heterocycles. The number of carbonyl (C=O) groups is 1. The summed E-state index contributed by atoms with van der Waals surface area (Å²) < 4.78 is 0. The van der Waals surface area contributed by atoms with Crippen molar-refractivity contribution in [3.63, 3.8) is 0 Å². The molecule has 0 spiro atoms. The number of hydrogen-bond donors (Lipinski definition) is 1. The Bertz CT molecular complexity index is 517. The highest BCUT2D eigenvalue weighted by molar-refractivity contribution is 5.48. The zero-order valence-corrected chi connectivity index (χ0v) is 10.2. The van der Waals surface area contributed by atoms with Crippen molar-refractivity contribution in [3.8, 4) is 0 Å². The number of aromatic amines is 1. The maximum atomic E-state index is 11.9. The molecule has 0 unspecified atom stereocenters. The number of nitrogens with one attached hydrogen (secondary N) is 1. The molecular weight excluding hydrogens is 232 g/mol. The second-order valence-electron chi connectivity index (χ2n) is 4.80. The van der Waals surface area contributed by atoms with E-state index in [9.17, 15) is 9.59 Å². The summed E-state index contributed by atoms with van der Waals surface area (Å²) in [6.45, 7) is 2.82. The average molecular weight is 248 g/mol. The van der Waals surface area contributed by atoms with Crippen LogP contribution < -0.4 is 10.5 Å². The summed E-state index contributed by atoms with van der Waals surface area (Å²) in [5.41, 5.74) is 1.81. The van der Waals surface area contributed by atoms with Crippen LogP contribution in [-0.4, -0.2) is 47.5 Å². The monoisotopic (exact) mass is 248 g/mol. The molecule has 1 saturated heterocycles. The van der Waals surface area contributed by atoms with Gasteiger partial charge in [0.05, 0.1) is 5.69 Å². The molecule has 1 N–H and O–H groups in total. The maximum Gasteiger partial charge on any atom is 0.255 e. The lowest BCUT2D eigenvalue weighted by Gasteiger charge is -2.32. The highest BCUT2D eigenvalue weighted by Gasteiger charge is 2.21. The van der Waals surface area contributed by atoms with Gasteiger partial charge in [-0.25, -0.2) is 4.98 Å². The molecule has 0 aromatic carbocycles.